The van der Waals surface area contributed by atoms with E-state index in [1.54, 1.807) is 0 Å². The molecule has 0 N–H and O–H groups in total. The maximum Gasteiger partial charge on any atom is 0.309 e. The average molecular weight is 524 g/mol. The van der Waals surface area contributed by atoms with E-state index in [9.17, 15) is 0 Å². The van der Waals surface area contributed by atoms with Crippen LogP contribution in [-0.2, 0) is 7.05 Å². The van der Waals surface area contributed by atoms with Gasteiger partial charge in [0, 0.05) is 11.9 Å². The number of aryl methyl sites for hydroxylation is 2. The van der Waals surface area contributed by atoms with Crippen LogP contribution in [0.4, 0.5) is 5.69 Å². The predicted molar refractivity (Wildman–Crippen MR) is 167 cm³/mol. The normalized spacial score (nSPS) is 14.2. The summed E-state index contributed by atoms with van der Waals surface area (Å²) in [5.74, 6) is 0.701. The summed E-state index contributed by atoms with van der Waals surface area (Å²) in [6, 6.07) is 32.7. The Morgan fingerprint density at radius 3 is 1.88 bits per heavy atom. The van der Waals surface area contributed by atoms with Crippen molar-refractivity contribution in [2.75, 3.05) is 0 Å². The molecule has 1 aromatic heterocycles. The number of hydrogen-bond acceptors (Lipinski definition) is 0. The lowest BCUT2D eigenvalue weighted by Crippen LogP contribution is -2.35. The van der Waals surface area contributed by atoms with Crippen LogP contribution in [0.1, 0.15) is 67.3 Å². The highest BCUT2D eigenvalue weighted by atomic mass is 15.2. The van der Waals surface area contributed by atoms with E-state index in [1.807, 2.05) is 0 Å². The Morgan fingerprint density at radius 2 is 1.27 bits per heavy atom. The lowest BCUT2D eigenvalue weighted by atomic mass is 9.88. The SMILES string of the molecule is Cc1cccc2c1[N+](=c1n(C)ccn1-c1c(C(C)C)cc(-c3ccccc3)cc1C(C)C)[C-]=C2c1ccccc1. The quantitative estimate of drug-likeness (QED) is 0.162. The van der Waals surface area contributed by atoms with Crippen LogP contribution in [0.3, 0.4) is 0 Å². The molecule has 0 radical (unpaired) electrons. The van der Waals surface area contributed by atoms with E-state index in [4.69, 9.17) is 0 Å². The Kier molecular flexibility index (Phi) is 6.67. The van der Waals surface area contributed by atoms with Crippen molar-refractivity contribution in [1.29, 1.82) is 0 Å². The Morgan fingerprint density at radius 1 is 0.675 bits per heavy atom. The van der Waals surface area contributed by atoms with Gasteiger partial charge in [0.2, 0.25) is 0 Å². The first kappa shape index (κ1) is 25.9. The van der Waals surface area contributed by atoms with Crippen LogP contribution in [0.25, 0.3) is 22.4 Å². The number of rotatable bonds is 5. The maximum atomic E-state index is 3.81. The van der Waals surface area contributed by atoms with E-state index in [2.05, 4.69) is 165 Å². The van der Waals surface area contributed by atoms with E-state index < -0.39 is 0 Å². The molecule has 200 valence electrons. The second-order valence-electron chi connectivity index (χ2n) is 11.4. The van der Waals surface area contributed by atoms with Gasteiger partial charge in [-0.3, -0.25) is 4.57 Å². The first-order valence-corrected chi connectivity index (χ1v) is 14.2. The topological polar surface area (TPSA) is 12.9 Å². The summed E-state index contributed by atoms with van der Waals surface area (Å²) >= 11 is 0. The van der Waals surface area contributed by atoms with Crippen LogP contribution in [0.2, 0.25) is 0 Å². The molecule has 0 fully saturated rings. The molecule has 4 aromatic carbocycles. The average Bonchev–Trinajstić information content (AvgIpc) is 3.54. The zero-order chi connectivity index (χ0) is 28.0. The minimum atomic E-state index is 0.351. The molecule has 6 rings (SSSR count). The van der Waals surface area contributed by atoms with Gasteiger partial charge in [-0.15, -0.1) is 0 Å². The third-order valence-corrected chi connectivity index (χ3v) is 7.95. The molecule has 1 aliphatic rings. The van der Waals surface area contributed by atoms with Crippen molar-refractivity contribution in [1.82, 2.24) is 13.7 Å². The standard InChI is InChI=1S/C37H37N3/c1-25(2)32-22-30(28-15-9-7-10-16-28)23-33(26(3)4)36(32)39-21-20-38(6)37(39)40-24-34(29-17-11-8-12-18-29)31-19-13-14-27(5)35(31)40/h7-23,25-26H,1-6H3. The number of hydrogen-bond donors (Lipinski definition) is 0. The lowest BCUT2D eigenvalue weighted by Gasteiger charge is -2.21. The van der Waals surface area contributed by atoms with Gasteiger partial charge in [-0.25, -0.2) is 4.57 Å². The van der Waals surface area contributed by atoms with Crippen molar-refractivity contribution in [3.8, 4) is 16.8 Å². The Balaban J connectivity index is 1.70. The van der Waals surface area contributed by atoms with Gasteiger partial charge in [-0.2, -0.15) is 0 Å². The maximum absolute atomic E-state index is 3.81. The second kappa shape index (κ2) is 10.3. The molecule has 0 spiro atoms. The van der Waals surface area contributed by atoms with Crippen LogP contribution in [-0.4, -0.2) is 9.13 Å². The van der Waals surface area contributed by atoms with E-state index in [-0.39, 0.29) is 0 Å². The van der Waals surface area contributed by atoms with Gasteiger partial charge in [0.25, 0.3) is 0 Å². The molecule has 3 heteroatoms. The minimum Gasteiger partial charge on any atom is -0.303 e. The molecule has 0 amide bonds. The Labute approximate surface area is 238 Å². The molecule has 40 heavy (non-hydrogen) atoms. The summed E-state index contributed by atoms with van der Waals surface area (Å²) in [6.45, 7) is 11.4. The second-order valence-corrected chi connectivity index (χ2v) is 11.4. The van der Waals surface area contributed by atoms with Gasteiger partial charge in [0.1, 0.15) is 5.69 Å². The van der Waals surface area contributed by atoms with Crippen LogP contribution in [0.15, 0.2) is 103 Å². The van der Waals surface area contributed by atoms with Gasteiger partial charge in [0.05, 0.1) is 19.4 Å². The zero-order valence-electron chi connectivity index (χ0n) is 24.3. The molecule has 1 aliphatic heterocycles. The number of aromatic nitrogens is 2. The minimum absolute atomic E-state index is 0.351. The van der Waals surface area contributed by atoms with Gasteiger partial charge in [0.15, 0.2) is 0 Å². The predicted octanol–water partition coefficient (Wildman–Crippen LogP) is 8.35. The van der Waals surface area contributed by atoms with E-state index in [0.29, 0.717) is 11.8 Å². The lowest BCUT2D eigenvalue weighted by molar-refractivity contribution is 0.696. The monoisotopic (exact) mass is 523 g/mol. The van der Waals surface area contributed by atoms with E-state index >= 15 is 0 Å². The molecule has 3 nitrogen and oxygen atoms in total. The van der Waals surface area contributed by atoms with E-state index in [0.717, 1.165) is 11.2 Å². The van der Waals surface area contributed by atoms with Crippen molar-refractivity contribution in [2.45, 2.75) is 46.5 Å². The fourth-order valence-electron chi connectivity index (χ4n) is 5.91. The Hall–Kier alpha value is -4.37. The first-order valence-electron chi connectivity index (χ1n) is 14.2. The summed E-state index contributed by atoms with van der Waals surface area (Å²) in [6.07, 6.45) is 8.18. The smallest absolute Gasteiger partial charge is 0.303 e. The zero-order valence-corrected chi connectivity index (χ0v) is 24.3. The van der Waals surface area contributed by atoms with Gasteiger partial charge in [-0.1, -0.05) is 129 Å². The molecule has 0 unspecified atom stereocenters. The van der Waals surface area contributed by atoms with Crippen molar-refractivity contribution < 1.29 is 0 Å². The van der Waals surface area contributed by atoms with Crippen molar-refractivity contribution in [3.63, 3.8) is 0 Å². The largest absolute Gasteiger partial charge is 0.309 e. The molecular weight excluding hydrogens is 486 g/mol. The van der Waals surface area contributed by atoms with Gasteiger partial charge < -0.3 is 4.58 Å². The van der Waals surface area contributed by atoms with Crippen LogP contribution < -0.4 is 10.2 Å². The molecular formula is C37H37N3. The number of imidazole rings is 1. The summed E-state index contributed by atoms with van der Waals surface area (Å²) in [5, 5.41) is 0. The van der Waals surface area contributed by atoms with Crippen LogP contribution in [0, 0.1) is 13.1 Å². The molecule has 5 aromatic rings. The third kappa shape index (κ3) is 4.36. The summed E-state index contributed by atoms with van der Waals surface area (Å²) < 4.78 is 6.87. The number of nitrogens with zero attached hydrogens (tertiary/aromatic N) is 3. The van der Waals surface area contributed by atoms with Crippen molar-refractivity contribution in [3.05, 3.63) is 143 Å². The molecule has 2 heterocycles. The first-order chi connectivity index (χ1) is 19.3. The molecule has 0 atom stereocenters. The number of para-hydroxylation sites is 1. The molecule has 0 aliphatic carbocycles. The number of fused-ring (bicyclic) bond motifs is 1. The Bertz CT molecular complexity index is 1770. The van der Waals surface area contributed by atoms with Crippen LogP contribution in [0.5, 0.6) is 0 Å². The van der Waals surface area contributed by atoms with Gasteiger partial charge in [-0.05, 0) is 53.1 Å². The fourth-order valence-corrected chi connectivity index (χ4v) is 5.91. The molecule has 0 saturated heterocycles. The van der Waals surface area contributed by atoms with Crippen molar-refractivity contribution >= 4 is 11.3 Å². The molecule has 0 saturated carbocycles. The van der Waals surface area contributed by atoms with Crippen molar-refractivity contribution in [2.24, 2.45) is 7.05 Å². The van der Waals surface area contributed by atoms with E-state index in [1.165, 1.54) is 50.3 Å². The van der Waals surface area contributed by atoms with Gasteiger partial charge >= 0.3 is 5.62 Å². The highest BCUT2D eigenvalue weighted by molar-refractivity contribution is 5.88. The summed E-state index contributed by atoms with van der Waals surface area (Å²) in [4.78, 5) is 0. The highest BCUT2D eigenvalue weighted by Gasteiger charge is 2.25. The summed E-state index contributed by atoms with van der Waals surface area (Å²) in [5.41, 5.74) is 13.5. The highest BCUT2D eigenvalue weighted by Crippen LogP contribution is 2.38. The fraction of sp³-hybridized carbons (Fsp3) is 0.216. The molecule has 0 bridgehead atoms. The third-order valence-electron chi connectivity index (χ3n) is 7.95. The number of benzene rings is 4. The van der Waals surface area contributed by atoms with Crippen LogP contribution >= 0.6 is 0 Å². The summed E-state index contributed by atoms with van der Waals surface area (Å²) in [7, 11) is 2.13.